The van der Waals surface area contributed by atoms with Gasteiger partial charge in [-0.25, -0.2) is 0 Å². The number of carbonyl (C=O) groups excluding carboxylic acids is 1. The molecule has 0 aromatic carbocycles. The van der Waals surface area contributed by atoms with Gasteiger partial charge in [-0.1, -0.05) is 6.92 Å². The number of carbonyl (C=O) groups is 1. The second-order valence-corrected chi connectivity index (χ2v) is 4.14. The summed E-state index contributed by atoms with van der Waals surface area (Å²) >= 11 is 0. The Morgan fingerprint density at radius 1 is 1.47 bits per heavy atom. The zero-order chi connectivity index (χ0) is 11.7. The van der Waals surface area contributed by atoms with Gasteiger partial charge in [0.15, 0.2) is 0 Å². The van der Waals surface area contributed by atoms with Crippen molar-refractivity contribution in [1.82, 2.24) is 10.2 Å². The Bertz CT molecular complexity index is 173. The van der Waals surface area contributed by atoms with Crippen LogP contribution in [0.15, 0.2) is 0 Å². The SMILES string of the molecule is CNCCN(C)C(=O)CCC(C)CCN. The first kappa shape index (κ1) is 14.4. The third kappa shape index (κ3) is 7.33. The fourth-order valence-corrected chi connectivity index (χ4v) is 1.39. The third-order valence-corrected chi connectivity index (χ3v) is 2.63. The molecule has 0 aliphatic heterocycles. The Kier molecular flexibility index (Phi) is 8.33. The predicted octanol–water partition coefficient (Wildman–Crippen LogP) is 0.429. The standard InChI is InChI=1S/C11H25N3O/c1-10(6-7-12)4-5-11(15)14(3)9-8-13-2/h10,13H,4-9,12H2,1-3H3. The summed E-state index contributed by atoms with van der Waals surface area (Å²) in [6.45, 7) is 4.49. The van der Waals surface area contributed by atoms with E-state index in [-0.39, 0.29) is 5.91 Å². The van der Waals surface area contributed by atoms with Gasteiger partial charge in [0.25, 0.3) is 0 Å². The first-order valence-electron chi connectivity index (χ1n) is 5.70. The fraction of sp³-hybridized carbons (Fsp3) is 0.909. The number of nitrogens with one attached hydrogen (secondary N) is 1. The molecule has 0 heterocycles. The Morgan fingerprint density at radius 2 is 2.13 bits per heavy atom. The maximum absolute atomic E-state index is 11.6. The zero-order valence-electron chi connectivity index (χ0n) is 10.3. The van der Waals surface area contributed by atoms with E-state index in [0.29, 0.717) is 18.9 Å². The molecule has 3 N–H and O–H groups in total. The molecule has 0 aliphatic carbocycles. The maximum Gasteiger partial charge on any atom is 0.222 e. The number of amides is 1. The second-order valence-electron chi connectivity index (χ2n) is 4.14. The van der Waals surface area contributed by atoms with E-state index in [9.17, 15) is 4.79 Å². The number of rotatable bonds is 8. The molecule has 0 aromatic heterocycles. The van der Waals surface area contributed by atoms with Crippen LogP contribution >= 0.6 is 0 Å². The van der Waals surface area contributed by atoms with Crippen molar-refractivity contribution >= 4 is 5.91 Å². The molecule has 0 fully saturated rings. The molecule has 15 heavy (non-hydrogen) atoms. The average molecular weight is 215 g/mol. The van der Waals surface area contributed by atoms with Gasteiger partial charge in [-0.05, 0) is 32.4 Å². The minimum absolute atomic E-state index is 0.231. The molecule has 90 valence electrons. The third-order valence-electron chi connectivity index (χ3n) is 2.63. The summed E-state index contributed by atoms with van der Waals surface area (Å²) in [7, 11) is 3.74. The Balaban J connectivity index is 3.63. The Hall–Kier alpha value is -0.610. The van der Waals surface area contributed by atoms with Gasteiger partial charge in [0.2, 0.25) is 5.91 Å². The Labute approximate surface area is 93.2 Å². The van der Waals surface area contributed by atoms with E-state index in [0.717, 1.165) is 25.9 Å². The largest absolute Gasteiger partial charge is 0.344 e. The van der Waals surface area contributed by atoms with Crippen LogP contribution in [0.25, 0.3) is 0 Å². The van der Waals surface area contributed by atoms with E-state index in [2.05, 4.69) is 12.2 Å². The van der Waals surface area contributed by atoms with Crippen molar-refractivity contribution in [2.24, 2.45) is 11.7 Å². The minimum Gasteiger partial charge on any atom is -0.344 e. The lowest BCUT2D eigenvalue weighted by molar-refractivity contribution is -0.130. The van der Waals surface area contributed by atoms with Gasteiger partial charge in [0.05, 0.1) is 0 Å². The van der Waals surface area contributed by atoms with Crippen LogP contribution in [0.1, 0.15) is 26.2 Å². The Morgan fingerprint density at radius 3 is 2.67 bits per heavy atom. The summed E-state index contributed by atoms with van der Waals surface area (Å²) in [5, 5.41) is 3.03. The molecule has 0 spiro atoms. The van der Waals surface area contributed by atoms with E-state index in [1.807, 2.05) is 14.1 Å². The van der Waals surface area contributed by atoms with Crippen LogP contribution in [0.4, 0.5) is 0 Å². The molecule has 0 aromatic rings. The molecule has 1 atom stereocenters. The highest BCUT2D eigenvalue weighted by Crippen LogP contribution is 2.09. The van der Waals surface area contributed by atoms with E-state index < -0.39 is 0 Å². The zero-order valence-corrected chi connectivity index (χ0v) is 10.3. The van der Waals surface area contributed by atoms with Crippen molar-refractivity contribution in [1.29, 1.82) is 0 Å². The monoisotopic (exact) mass is 215 g/mol. The molecular formula is C11H25N3O. The summed E-state index contributed by atoms with van der Waals surface area (Å²) in [6.07, 6.45) is 2.59. The quantitative estimate of drug-likeness (QED) is 0.617. The number of nitrogens with zero attached hydrogens (tertiary/aromatic N) is 1. The van der Waals surface area contributed by atoms with Crippen LogP contribution in [0.2, 0.25) is 0 Å². The average Bonchev–Trinajstić information content (AvgIpc) is 2.22. The van der Waals surface area contributed by atoms with Crippen molar-refractivity contribution in [2.45, 2.75) is 26.2 Å². The van der Waals surface area contributed by atoms with E-state index in [1.165, 1.54) is 0 Å². The molecule has 0 aliphatic rings. The molecule has 0 saturated heterocycles. The van der Waals surface area contributed by atoms with Crippen molar-refractivity contribution in [2.75, 3.05) is 33.7 Å². The molecule has 4 heteroatoms. The summed E-state index contributed by atoms with van der Waals surface area (Å²) in [5.74, 6) is 0.783. The summed E-state index contributed by atoms with van der Waals surface area (Å²) in [4.78, 5) is 13.4. The molecular weight excluding hydrogens is 190 g/mol. The topological polar surface area (TPSA) is 58.4 Å². The molecule has 4 nitrogen and oxygen atoms in total. The van der Waals surface area contributed by atoms with Crippen LogP contribution in [0.3, 0.4) is 0 Å². The highest BCUT2D eigenvalue weighted by molar-refractivity contribution is 5.75. The summed E-state index contributed by atoms with van der Waals surface area (Å²) < 4.78 is 0. The second kappa shape index (κ2) is 8.68. The van der Waals surface area contributed by atoms with Gasteiger partial charge in [0, 0.05) is 26.6 Å². The predicted molar refractivity (Wildman–Crippen MR) is 63.6 cm³/mol. The van der Waals surface area contributed by atoms with Gasteiger partial charge < -0.3 is 16.0 Å². The lowest BCUT2D eigenvalue weighted by Gasteiger charge is -2.18. The van der Waals surface area contributed by atoms with E-state index in [1.54, 1.807) is 4.90 Å². The summed E-state index contributed by atoms with van der Waals surface area (Å²) in [6, 6.07) is 0. The van der Waals surface area contributed by atoms with Crippen LogP contribution in [0, 0.1) is 5.92 Å². The highest BCUT2D eigenvalue weighted by atomic mass is 16.2. The number of hydrogen-bond donors (Lipinski definition) is 2. The number of nitrogens with two attached hydrogens (primary N) is 1. The molecule has 0 radical (unpaired) electrons. The van der Waals surface area contributed by atoms with Crippen molar-refractivity contribution in [3.63, 3.8) is 0 Å². The van der Waals surface area contributed by atoms with Gasteiger partial charge in [-0.3, -0.25) is 4.79 Å². The van der Waals surface area contributed by atoms with Crippen LogP contribution in [-0.2, 0) is 4.79 Å². The highest BCUT2D eigenvalue weighted by Gasteiger charge is 2.09. The molecule has 0 saturated carbocycles. The molecule has 1 amide bonds. The van der Waals surface area contributed by atoms with Gasteiger partial charge in [-0.15, -0.1) is 0 Å². The number of likely N-dealkylation sites (N-methyl/N-ethyl adjacent to an activating group) is 2. The van der Waals surface area contributed by atoms with E-state index in [4.69, 9.17) is 5.73 Å². The first-order chi connectivity index (χ1) is 7.11. The van der Waals surface area contributed by atoms with Crippen molar-refractivity contribution < 1.29 is 4.79 Å². The normalized spacial score (nSPS) is 12.5. The van der Waals surface area contributed by atoms with Crippen LogP contribution < -0.4 is 11.1 Å². The van der Waals surface area contributed by atoms with Crippen LogP contribution in [0.5, 0.6) is 0 Å². The van der Waals surface area contributed by atoms with Gasteiger partial charge in [0.1, 0.15) is 0 Å². The molecule has 1 unspecified atom stereocenters. The first-order valence-corrected chi connectivity index (χ1v) is 5.70. The van der Waals surface area contributed by atoms with Crippen molar-refractivity contribution in [3.05, 3.63) is 0 Å². The van der Waals surface area contributed by atoms with E-state index >= 15 is 0 Å². The molecule has 0 rings (SSSR count). The minimum atomic E-state index is 0.231. The van der Waals surface area contributed by atoms with Gasteiger partial charge >= 0.3 is 0 Å². The van der Waals surface area contributed by atoms with Crippen molar-refractivity contribution in [3.8, 4) is 0 Å². The van der Waals surface area contributed by atoms with Gasteiger partial charge in [-0.2, -0.15) is 0 Å². The fourth-order valence-electron chi connectivity index (χ4n) is 1.39. The lowest BCUT2D eigenvalue weighted by Crippen LogP contribution is -2.32. The summed E-state index contributed by atoms with van der Waals surface area (Å²) in [5.41, 5.74) is 5.46. The smallest absolute Gasteiger partial charge is 0.222 e. The number of hydrogen-bond acceptors (Lipinski definition) is 3. The van der Waals surface area contributed by atoms with Crippen LogP contribution in [-0.4, -0.2) is 44.5 Å². The maximum atomic E-state index is 11.6. The lowest BCUT2D eigenvalue weighted by atomic mass is 10.0. The molecule has 0 bridgehead atoms.